The van der Waals surface area contributed by atoms with E-state index in [1.807, 2.05) is 51.1 Å². The molecule has 0 fully saturated rings. The highest BCUT2D eigenvalue weighted by Gasteiger charge is 2.16. The first-order valence-electron chi connectivity index (χ1n) is 20.5. The number of aryl methyl sites for hydroxylation is 1. The minimum absolute atomic E-state index is 0.966. The van der Waals surface area contributed by atoms with Crippen molar-refractivity contribution in [2.24, 2.45) is 0 Å². The molecule has 10 rings (SSSR count). The van der Waals surface area contributed by atoms with Crippen LogP contribution < -0.4 is 4.90 Å². The summed E-state index contributed by atoms with van der Waals surface area (Å²) in [5.74, 6) is 2.10. The van der Waals surface area contributed by atoms with E-state index in [1.165, 1.54) is 55.0 Å². The van der Waals surface area contributed by atoms with Gasteiger partial charge in [-0.15, -0.1) is 6.58 Å². The second-order valence-corrected chi connectivity index (χ2v) is 14.5. The van der Waals surface area contributed by atoms with Crippen molar-refractivity contribution >= 4 is 49.8 Å². The molecule has 0 unspecified atom stereocenters. The van der Waals surface area contributed by atoms with Crippen LogP contribution in [0.15, 0.2) is 235 Å². The average molecular weight is 782 g/mol. The number of fused-ring (bicyclic) bond motifs is 4. The SMILES string of the molecule is C/C=C1\CC=C(C)O1.C=CC.Cc1ccc2oc3ccccc3c2c1.c1ccc(-c2ccc(N(c3ccc(-c4ccccc4)cc3)c3cccc4ccccc34)cc2)cc1. The number of rotatable bonds is 5. The van der Waals surface area contributed by atoms with E-state index in [0.29, 0.717) is 0 Å². The third kappa shape index (κ3) is 9.83. The van der Waals surface area contributed by atoms with Crippen LogP contribution >= 0.6 is 0 Å². The zero-order valence-electron chi connectivity index (χ0n) is 34.9. The predicted octanol–water partition coefficient (Wildman–Crippen LogP) is 16.9. The van der Waals surface area contributed by atoms with Crippen LogP contribution in [0.2, 0.25) is 0 Å². The van der Waals surface area contributed by atoms with Crippen molar-refractivity contribution in [3.05, 3.63) is 236 Å². The third-order valence-electron chi connectivity index (χ3n) is 10.2. The van der Waals surface area contributed by atoms with Crippen molar-refractivity contribution in [2.75, 3.05) is 4.90 Å². The molecule has 60 heavy (non-hydrogen) atoms. The van der Waals surface area contributed by atoms with E-state index < -0.39 is 0 Å². The van der Waals surface area contributed by atoms with Crippen molar-refractivity contribution in [1.82, 2.24) is 0 Å². The molecule has 1 aliphatic rings. The van der Waals surface area contributed by atoms with E-state index in [-0.39, 0.29) is 0 Å². The summed E-state index contributed by atoms with van der Waals surface area (Å²) in [6.07, 6.45) is 6.80. The number of benzene rings is 8. The molecule has 8 aromatic carbocycles. The molecule has 0 saturated heterocycles. The van der Waals surface area contributed by atoms with Gasteiger partial charge in [-0.25, -0.2) is 0 Å². The quantitative estimate of drug-likeness (QED) is 0.163. The standard InChI is InChI=1S/C34H25N.C13H10O.C7H10O.C3H6/c1-3-10-26(11-4-1)28-18-22-31(23-19-28)35(34-17-9-15-30-14-7-8-16-33(30)34)32-24-20-29(21-25-32)27-12-5-2-6-13-27;1-9-6-7-13-11(8-9)10-4-2-3-5-12(10)14-13;1-3-7-5-4-6(2)8-7;1-3-2/h1-25H;2-8H,1H3;3-4H,5H2,1-2H3;3H,1H2,2H3/b;;7-3+;. The summed E-state index contributed by atoms with van der Waals surface area (Å²) < 4.78 is 10.9. The van der Waals surface area contributed by atoms with Crippen LogP contribution in [0, 0.1) is 6.92 Å². The van der Waals surface area contributed by atoms with E-state index in [2.05, 4.69) is 194 Å². The number of hydrogen-bond acceptors (Lipinski definition) is 3. The molecular formula is C57H51NO2. The maximum Gasteiger partial charge on any atom is 0.135 e. The van der Waals surface area contributed by atoms with Crippen LogP contribution in [-0.4, -0.2) is 0 Å². The van der Waals surface area contributed by atoms with Gasteiger partial charge < -0.3 is 14.1 Å². The Morgan fingerprint density at radius 2 is 1.00 bits per heavy atom. The molecule has 0 radical (unpaired) electrons. The van der Waals surface area contributed by atoms with Gasteiger partial charge in [-0.3, -0.25) is 0 Å². The van der Waals surface area contributed by atoms with Crippen molar-refractivity contribution in [2.45, 2.75) is 34.1 Å². The van der Waals surface area contributed by atoms with Crippen molar-refractivity contribution in [1.29, 1.82) is 0 Å². The number of anilines is 3. The van der Waals surface area contributed by atoms with Crippen LogP contribution in [0.4, 0.5) is 17.1 Å². The molecule has 1 aromatic heterocycles. The summed E-state index contributed by atoms with van der Waals surface area (Å²) in [5, 5.41) is 4.87. The lowest BCUT2D eigenvalue weighted by molar-refractivity contribution is 0.324. The topological polar surface area (TPSA) is 25.6 Å². The molecular weight excluding hydrogens is 731 g/mol. The summed E-state index contributed by atoms with van der Waals surface area (Å²) >= 11 is 0. The Morgan fingerprint density at radius 1 is 0.500 bits per heavy atom. The highest BCUT2D eigenvalue weighted by molar-refractivity contribution is 6.05. The predicted molar refractivity (Wildman–Crippen MR) is 257 cm³/mol. The Kier molecular flexibility index (Phi) is 13.5. The Balaban J connectivity index is 0.000000176. The third-order valence-corrected chi connectivity index (χ3v) is 10.2. The van der Waals surface area contributed by atoms with Gasteiger partial charge in [0.1, 0.15) is 16.9 Å². The molecule has 2 heterocycles. The second kappa shape index (κ2) is 19.9. The first kappa shape index (κ1) is 40.8. The fourth-order valence-corrected chi connectivity index (χ4v) is 7.25. The van der Waals surface area contributed by atoms with Gasteiger partial charge in [-0.1, -0.05) is 157 Å². The summed E-state index contributed by atoms with van der Waals surface area (Å²) in [5.41, 5.74) is 11.5. The molecule has 0 spiro atoms. The van der Waals surface area contributed by atoms with Gasteiger partial charge in [0, 0.05) is 34.0 Å². The van der Waals surface area contributed by atoms with Crippen LogP contribution in [0.1, 0.15) is 32.8 Å². The van der Waals surface area contributed by atoms with Crippen LogP contribution in [0.5, 0.6) is 0 Å². The zero-order valence-corrected chi connectivity index (χ0v) is 34.9. The molecule has 0 bridgehead atoms. The van der Waals surface area contributed by atoms with E-state index in [9.17, 15) is 0 Å². The summed E-state index contributed by atoms with van der Waals surface area (Å²) in [4.78, 5) is 2.35. The zero-order chi connectivity index (χ0) is 41.7. The lowest BCUT2D eigenvalue weighted by atomic mass is 10.0. The van der Waals surface area contributed by atoms with Gasteiger partial charge in [0.25, 0.3) is 0 Å². The number of nitrogens with zero attached hydrogens (tertiary/aromatic N) is 1. The lowest BCUT2D eigenvalue weighted by Gasteiger charge is -2.27. The van der Waals surface area contributed by atoms with Crippen molar-refractivity contribution in [3.63, 3.8) is 0 Å². The smallest absolute Gasteiger partial charge is 0.135 e. The highest BCUT2D eigenvalue weighted by Crippen LogP contribution is 2.40. The molecule has 3 heteroatoms. The Labute approximate surface area is 354 Å². The highest BCUT2D eigenvalue weighted by atomic mass is 16.5. The number of ether oxygens (including phenoxy) is 1. The van der Waals surface area contributed by atoms with E-state index in [1.54, 1.807) is 6.08 Å². The number of allylic oxidation sites excluding steroid dienone is 4. The first-order chi connectivity index (χ1) is 29.4. The summed E-state index contributed by atoms with van der Waals surface area (Å²) in [6.45, 7) is 11.3. The largest absolute Gasteiger partial charge is 0.467 e. The Morgan fingerprint density at radius 3 is 1.55 bits per heavy atom. The van der Waals surface area contributed by atoms with Crippen LogP contribution in [0.25, 0.3) is 55.0 Å². The fourth-order valence-electron chi connectivity index (χ4n) is 7.25. The van der Waals surface area contributed by atoms with Gasteiger partial charge in [0.15, 0.2) is 0 Å². The molecule has 296 valence electrons. The Bertz CT molecular complexity index is 2760. The van der Waals surface area contributed by atoms with Crippen LogP contribution in [0.3, 0.4) is 0 Å². The summed E-state index contributed by atoms with van der Waals surface area (Å²) in [6, 6.07) is 68.3. The fraction of sp³-hybridized carbons (Fsp3) is 0.0877. The minimum Gasteiger partial charge on any atom is -0.467 e. The van der Waals surface area contributed by atoms with Crippen molar-refractivity contribution in [3.8, 4) is 22.3 Å². The summed E-state index contributed by atoms with van der Waals surface area (Å²) in [7, 11) is 0. The maximum atomic E-state index is 5.71. The van der Waals surface area contributed by atoms with Crippen molar-refractivity contribution < 1.29 is 9.15 Å². The van der Waals surface area contributed by atoms with E-state index in [4.69, 9.17) is 9.15 Å². The van der Waals surface area contributed by atoms with Gasteiger partial charge in [0.2, 0.25) is 0 Å². The lowest BCUT2D eigenvalue weighted by Crippen LogP contribution is -2.10. The second-order valence-electron chi connectivity index (χ2n) is 14.5. The van der Waals surface area contributed by atoms with Crippen LogP contribution in [-0.2, 0) is 4.74 Å². The van der Waals surface area contributed by atoms with E-state index in [0.717, 1.165) is 40.5 Å². The van der Waals surface area contributed by atoms with Gasteiger partial charge >= 0.3 is 0 Å². The van der Waals surface area contributed by atoms with E-state index >= 15 is 0 Å². The molecule has 3 nitrogen and oxygen atoms in total. The Hall–Kier alpha value is -7.36. The molecule has 0 atom stereocenters. The number of hydrogen-bond donors (Lipinski definition) is 0. The molecule has 9 aromatic rings. The number of furan rings is 1. The minimum atomic E-state index is 0.966. The van der Waals surface area contributed by atoms with Gasteiger partial charge in [-0.2, -0.15) is 0 Å². The molecule has 0 N–H and O–H groups in total. The van der Waals surface area contributed by atoms with Gasteiger partial charge in [-0.05, 0) is 116 Å². The molecule has 0 saturated carbocycles. The molecule has 1 aliphatic heterocycles. The monoisotopic (exact) mass is 781 g/mol. The maximum absolute atomic E-state index is 5.71. The van der Waals surface area contributed by atoms with Gasteiger partial charge in [0.05, 0.1) is 11.4 Å². The molecule has 0 aliphatic carbocycles. The number of para-hydroxylation sites is 1. The first-order valence-corrected chi connectivity index (χ1v) is 20.5. The average Bonchev–Trinajstić information content (AvgIpc) is 3.91. The molecule has 0 amide bonds. The normalized spacial score (nSPS) is 12.3.